The van der Waals surface area contributed by atoms with Gasteiger partial charge in [0.2, 0.25) is 0 Å². The predicted octanol–water partition coefficient (Wildman–Crippen LogP) is 20.5. The maximum absolute atomic E-state index is 6.97. The van der Waals surface area contributed by atoms with Crippen LogP contribution in [-0.2, 0) is 36.5 Å². The highest BCUT2D eigenvalue weighted by Crippen LogP contribution is 2.50. The molecule has 75 heavy (non-hydrogen) atoms. The van der Waals surface area contributed by atoms with E-state index < -0.39 is 0 Å². The molecule has 0 aliphatic heterocycles. The summed E-state index contributed by atoms with van der Waals surface area (Å²) in [6.07, 6.45) is 9.20. The average Bonchev–Trinajstić information content (AvgIpc) is 3.78. The first-order valence-corrected chi connectivity index (χ1v) is 27.5. The molecule has 2 aliphatic rings. The van der Waals surface area contributed by atoms with Crippen molar-refractivity contribution in [2.45, 2.75) is 104 Å². The van der Waals surface area contributed by atoms with Crippen LogP contribution >= 0.6 is 0 Å². The number of aryl methyl sites for hydroxylation is 2. The minimum atomic E-state index is 0.0487. The smallest absolute Gasteiger partial charge is 0.136 e. The minimum Gasteiger partial charge on any atom is -0.456 e. The number of rotatable bonds is 8. The van der Waals surface area contributed by atoms with Gasteiger partial charge in [-0.1, -0.05) is 163 Å². The Morgan fingerprint density at radius 3 is 1.13 bits per heavy atom. The molecule has 0 radical (unpaired) electrons. The molecule has 0 fully saturated rings. The van der Waals surface area contributed by atoms with E-state index in [4.69, 9.17) is 4.42 Å². The van der Waals surface area contributed by atoms with Crippen LogP contribution in [0.1, 0.15) is 101 Å². The summed E-state index contributed by atoms with van der Waals surface area (Å²) in [5, 5.41) is 6.97. The van der Waals surface area contributed by atoms with Crippen molar-refractivity contribution in [3.8, 4) is 22.3 Å². The van der Waals surface area contributed by atoms with Crippen molar-refractivity contribution in [1.29, 1.82) is 0 Å². The fourth-order valence-corrected chi connectivity index (χ4v) is 12.4. The second kappa shape index (κ2) is 18.5. The van der Waals surface area contributed by atoms with Gasteiger partial charge in [0.05, 0.1) is 11.4 Å². The Labute approximate surface area is 443 Å². The van der Waals surface area contributed by atoms with E-state index in [-0.39, 0.29) is 10.8 Å². The summed E-state index contributed by atoms with van der Waals surface area (Å²) in [5.74, 6) is 0. The molecule has 0 atom stereocenters. The highest BCUT2D eigenvalue weighted by atomic mass is 16.3. The molecule has 13 rings (SSSR count). The number of anilines is 6. The molecule has 3 heteroatoms. The van der Waals surface area contributed by atoms with Gasteiger partial charge < -0.3 is 14.2 Å². The van der Waals surface area contributed by atoms with E-state index in [2.05, 4.69) is 245 Å². The third kappa shape index (κ3) is 8.57. The normalized spacial score (nSPS) is 13.8. The summed E-state index contributed by atoms with van der Waals surface area (Å²) >= 11 is 0. The Hall–Kier alpha value is -7.88. The van der Waals surface area contributed by atoms with Crippen LogP contribution in [0.3, 0.4) is 0 Å². The van der Waals surface area contributed by atoms with Crippen LogP contribution in [-0.4, -0.2) is 0 Å². The summed E-state index contributed by atoms with van der Waals surface area (Å²) in [6, 6.07) is 73.4. The van der Waals surface area contributed by atoms with Crippen LogP contribution in [0.4, 0.5) is 34.1 Å². The number of benzene rings is 10. The van der Waals surface area contributed by atoms with E-state index in [0.717, 1.165) is 69.8 Å². The first kappa shape index (κ1) is 46.9. The van der Waals surface area contributed by atoms with Crippen molar-refractivity contribution in [2.75, 3.05) is 9.80 Å². The van der Waals surface area contributed by atoms with Crippen molar-refractivity contribution in [3.63, 3.8) is 0 Å². The molecule has 0 saturated carbocycles. The predicted molar refractivity (Wildman–Crippen MR) is 320 cm³/mol. The fraction of sp³-hybridized carbons (Fsp3) is 0.222. The summed E-state index contributed by atoms with van der Waals surface area (Å²) in [7, 11) is 0. The second-order valence-electron chi connectivity index (χ2n) is 23.5. The van der Waals surface area contributed by atoms with Gasteiger partial charge in [0.1, 0.15) is 11.2 Å². The molecule has 0 unspecified atom stereocenters. The summed E-state index contributed by atoms with van der Waals surface area (Å²) in [6.45, 7) is 13.8. The lowest BCUT2D eigenvalue weighted by atomic mass is 9.85. The molecule has 3 nitrogen and oxygen atoms in total. The molecule has 0 saturated heterocycles. The van der Waals surface area contributed by atoms with Gasteiger partial charge in [-0.2, -0.15) is 0 Å². The minimum absolute atomic E-state index is 0.0487. The van der Waals surface area contributed by atoms with Crippen LogP contribution in [0.25, 0.3) is 65.7 Å². The van der Waals surface area contributed by atoms with Crippen LogP contribution < -0.4 is 9.80 Å². The van der Waals surface area contributed by atoms with Gasteiger partial charge in [0.25, 0.3) is 0 Å². The van der Waals surface area contributed by atoms with Crippen molar-refractivity contribution >= 4 is 77.6 Å². The molecular weight excluding hydrogens is 909 g/mol. The van der Waals surface area contributed by atoms with Gasteiger partial charge in [-0.05, 0) is 201 Å². The zero-order valence-corrected chi connectivity index (χ0v) is 44.4. The van der Waals surface area contributed by atoms with Gasteiger partial charge in [-0.15, -0.1) is 0 Å². The van der Waals surface area contributed by atoms with E-state index in [0.29, 0.717) is 0 Å². The highest BCUT2D eigenvalue weighted by molar-refractivity contribution is 6.14. The Morgan fingerprint density at radius 2 is 0.733 bits per heavy atom. The molecule has 1 aromatic heterocycles. The number of hydrogen-bond donors (Lipinski definition) is 0. The van der Waals surface area contributed by atoms with Crippen molar-refractivity contribution < 1.29 is 4.42 Å². The molecule has 0 N–H and O–H groups in total. The van der Waals surface area contributed by atoms with E-state index in [1.54, 1.807) is 0 Å². The monoisotopic (exact) mass is 975 g/mol. The Kier molecular flexibility index (Phi) is 11.6. The molecule has 0 bridgehead atoms. The zero-order valence-electron chi connectivity index (χ0n) is 44.4. The van der Waals surface area contributed by atoms with Crippen LogP contribution in [0, 0.1) is 0 Å². The Bertz CT molecular complexity index is 3690. The Balaban J connectivity index is 0.955. The van der Waals surface area contributed by atoms with E-state index in [1.165, 1.54) is 115 Å². The van der Waals surface area contributed by atoms with Gasteiger partial charge in [0, 0.05) is 44.6 Å². The summed E-state index contributed by atoms with van der Waals surface area (Å²) in [4.78, 5) is 5.09. The van der Waals surface area contributed by atoms with Crippen LogP contribution in [0.2, 0.25) is 0 Å². The van der Waals surface area contributed by atoms with Gasteiger partial charge in [0.15, 0.2) is 0 Å². The molecule has 1 heterocycles. The number of hydrogen-bond acceptors (Lipinski definition) is 3. The van der Waals surface area contributed by atoms with Crippen molar-refractivity contribution in [1.82, 2.24) is 0 Å². The fourth-order valence-electron chi connectivity index (χ4n) is 12.4. The third-order valence-electron chi connectivity index (χ3n) is 16.5. The molecule has 2 aliphatic carbocycles. The topological polar surface area (TPSA) is 19.6 Å². The second-order valence-corrected chi connectivity index (χ2v) is 23.5. The van der Waals surface area contributed by atoms with Crippen molar-refractivity contribution in [2.24, 2.45) is 0 Å². The third-order valence-corrected chi connectivity index (χ3v) is 16.5. The summed E-state index contributed by atoms with van der Waals surface area (Å²) in [5.41, 5.74) is 22.6. The largest absolute Gasteiger partial charge is 0.456 e. The molecule has 10 aromatic carbocycles. The van der Waals surface area contributed by atoms with Crippen molar-refractivity contribution in [3.05, 3.63) is 228 Å². The lowest BCUT2D eigenvalue weighted by Gasteiger charge is -2.33. The van der Waals surface area contributed by atoms with E-state index in [1.807, 2.05) is 0 Å². The van der Waals surface area contributed by atoms with E-state index >= 15 is 0 Å². The first-order chi connectivity index (χ1) is 36.4. The maximum atomic E-state index is 6.97. The molecular formula is C72H66N2O. The quantitative estimate of drug-likeness (QED) is 0.151. The Morgan fingerprint density at radius 1 is 0.347 bits per heavy atom. The van der Waals surface area contributed by atoms with Gasteiger partial charge in [-0.25, -0.2) is 0 Å². The lowest BCUT2D eigenvalue weighted by molar-refractivity contribution is 0.590. The lowest BCUT2D eigenvalue weighted by Crippen LogP contribution is -2.17. The highest BCUT2D eigenvalue weighted by Gasteiger charge is 2.28. The maximum Gasteiger partial charge on any atom is 0.136 e. The summed E-state index contributed by atoms with van der Waals surface area (Å²) < 4.78 is 6.97. The number of furan rings is 1. The molecule has 0 amide bonds. The molecule has 0 spiro atoms. The number of fused-ring (bicyclic) bond motifs is 7. The number of nitrogens with zero attached hydrogens (tertiary/aromatic N) is 2. The van der Waals surface area contributed by atoms with Crippen LogP contribution in [0.15, 0.2) is 199 Å². The van der Waals surface area contributed by atoms with Gasteiger partial charge in [-0.3, -0.25) is 0 Å². The van der Waals surface area contributed by atoms with E-state index in [9.17, 15) is 0 Å². The first-order valence-electron chi connectivity index (χ1n) is 27.5. The van der Waals surface area contributed by atoms with Gasteiger partial charge >= 0.3 is 0 Å². The van der Waals surface area contributed by atoms with Crippen LogP contribution in [0.5, 0.6) is 0 Å². The average molecular weight is 975 g/mol. The molecule has 370 valence electrons. The standard InChI is InChI=1S/C72H66N2O/c1-71(2,3)55-29-35-57(36-30-55)73(69-61-23-15-13-21-49(61)27-39-63(69)47-17-9-7-10-18-47)59-33-25-51-43-65-66-44-52-26-34-60(42-54(52)46-68(66)75-67(65)45-53(51)41-59)74(58-37-31-56(32-38-58)72(4,5)6)70-62-24-16-14-22-50(62)28-40-64(70)48-19-11-8-12-20-48/h7-12,17-20,25-46H,13-16,21-24H2,1-6H3. The zero-order chi connectivity index (χ0) is 51.0. The molecule has 11 aromatic rings. The SMILES string of the molecule is CC(C)(C)c1ccc(N(c2ccc3cc4c(cc3c2)oc2cc3cc(N(c5ccc(C(C)(C)C)cc5)c5c(-c6ccccc6)ccc6c5CCCC6)ccc3cc24)c2c(-c3ccccc3)ccc3c2CCCC3)cc1.